The van der Waals surface area contributed by atoms with E-state index in [0.29, 0.717) is 28.8 Å². The summed E-state index contributed by atoms with van der Waals surface area (Å²) in [4.78, 5) is 33.3. The predicted molar refractivity (Wildman–Crippen MR) is 147 cm³/mol. The van der Waals surface area contributed by atoms with Crippen LogP contribution in [0.15, 0.2) is 52.6 Å². The largest absolute Gasteiger partial charge is 0.378 e. The van der Waals surface area contributed by atoms with Crippen LogP contribution in [0.25, 0.3) is 22.2 Å². The van der Waals surface area contributed by atoms with E-state index in [1.165, 1.54) is 4.57 Å². The Labute approximate surface area is 240 Å². The fourth-order valence-electron chi connectivity index (χ4n) is 4.61. The average molecular weight is 611 g/mol. The molecular weight excluding hydrogens is 582 g/mol. The number of aromatic nitrogens is 5. The molecule has 0 aliphatic heterocycles. The standard InChI is InChI=1S/C28H28F6N6O3/c1-15-9-20-16(10-19(15)23-35-11-17(12-36-23)27(2,31)32)6-8-40(25(20)42)7-4-5-18(14-43-26(29)30)38-21-13-37-39-24(41)22(21)28(3,33)34/h6,8-13,18,26H,4-5,7,14H2,1-3H3,(H2,38,39,41)/t18-/m1/s1. The Morgan fingerprint density at radius 3 is 2.37 bits per heavy atom. The zero-order valence-electron chi connectivity index (χ0n) is 23.3. The first kappa shape index (κ1) is 31.7. The summed E-state index contributed by atoms with van der Waals surface area (Å²) < 4.78 is 86.6. The van der Waals surface area contributed by atoms with Crippen LogP contribution in [0.3, 0.4) is 0 Å². The smallest absolute Gasteiger partial charge is 0.345 e. The maximum Gasteiger partial charge on any atom is 0.345 e. The molecule has 0 spiro atoms. The minimum absolute atomic E-state index is 0.112. The van der Waals surface area contributed by atoms with Gasteiger partial charge in [0.25, 0.3) is 23.0 Å². The van der Waals surface area contributed by atoms with Crippen LogP contribution in [0.2, 0.25) is 0 Å². The van der Waals surface area contributed by atoms with Crippen molar-refractivity contribution in [3.8, 4) is 11.4 Å². The molecule has 0 unspecified atom stereocenters. The van der Waals surface area contributed by atoms with Crippen molar-refractivity contribution in [3.63, 3.8) is 0 Å². The van der Waals surface area contributed by atoms with Gasteiger partial charge in [-0.3, -0.25) is 9.59 Å². The second-order valence-corrected chi connectivity index (χ2v) is 10.2. The van der Waals surface area contributed by atoms with Gasteiger partial charge in [0, 0.05) is 56.0 Å². The molecule has 4 aromatic rings. The van der Waals surface area contributed by atoms with Crippen LogP contribution >= 0.6 is 0 Å². The second kappa shape index (κ2) is 12.5. The summed E-state index contributed by atoms with van der Waals surface area (Å²) in [5.74, 6) is -6.40. The number of aromatic amines is 1. The molecule has 0 saturated carbocycles. The minimum atomic E-state index is -3.54. The van der Waals surface area contributed by atoms with Gasteiger partial charge in [0.2, 0.25) is 0 Å². The fourth-order valence-corrected chi connectivity index (χ4v) is 4.61. The molecule has 1 atom stereocenters. The summed E-state index contributed by atoms with van der Waals surface area (Å²) in [5.41, 5.74) is -1.80. The van der Waals surface area contributed by atoms with Crippen molar-refractivity contribution in [1.29, 1.82) is 0 Å². The Hall–Kier alpha value is -4.27. The third-order valence-electron chi connectivity index (χ3n) is 6.75. The summed E-state index contributed by atoms with van der Waals surface area (Å²) in [6, 6.07) is 4.09. The van der Waals surface area contributed by atoms with Gasteiger partial charge in [0.1, 0.15) is 5.56 Å². The Bertz CT molecular complexity index is 1700. The number of H-pyrrole nitrogens is 1. The number of aryl methyl sites for hydroxylation is 2. The van der Waals surface area contributed by atoms with Crippen LogP contribution < -0.4 is 16.4 Å². The first-order valence-corrected chi connectivity index (χ1v) is 13.1. The van der Waals surface area contributed by atoms with Gasteiger partial charge in [-0.25, -0.2) is 32.6 Å². The van der Waals surface area contributed by atoms with Crippen LogP contribution in [-0.2, 0) is 23.1 Å². The molecule has 0 bridgehead atoms. The van der Waals surface area contributed by atoms with E-state index in [1.54, 1.807) is 31.3 Å². The van der Waals surface area contributed by atoms with Crippen molar-refractivity contribution in [2.75, 3.05) is 11.9 Å². The monoisotopic (exact) mass is 610 g/mol. The lowest BCUT2D eigenvalue weighted by molar-refractivity contribution is -0.131. The Balaban J connectivity index is 1.52. The highest BCUT2D eigenvalue weighted by atomic mass is 19.3. The van der Waals surface area contributed by atoms with E-state index in [0.717, 1.165) is 25.5 Å². The minimum Gasteiger partial charge on any atom is -0.378 e. The zero-order valence-corrected chi connectivity index (χ0v) is 23.3. The van der Waals surface area contributed by atoms with Gasteiger partial charge in [-0.2, -0.15) is 13.9 Å². The molecular formula is C28H28F6N6O3. The highest BCUT2D eigenvalue weighted by Gasteiger charge is 2.32. The van der Waals surface area contributed by atoms with Gasteiger partial charge < -0.3 is 14.6 Å². The number of pyridine rings is 1. The summed E-state index contributed by atoms with van der Waals surface area (Å²) in [5, 5.41) is 9.05. The third kappa shape index (κ3) is 7.58. The maximum atomic E-state index is 14.1. The van der Waals surface area contributed by atoms with Crippen LogP contribution in [0.1, 0.15) is 43.4 Å². The molecule has 43 heavy (non-hydrogen) atoms. The van der Waals surface area contributed by atoms with Crippen molar-refractivity contribution in [2.24, 2.45) is 0 Å². The van der Waals surface area contributed by atoms with Gasteiger partial charge >= 0.3 is 6.61 Å². The van der Waals surface area contributed by atoms with E-state index in [4.69, 9.17) is 0 Å². The molecule has 2 N–H and O–H groups in total. The third-order valence-corrected chi connectivity index (χ3v) is 6.75. The van der Waals surface area contributed by atoms with Crippen molar-refractivity contribution in [2.45, 2.75) is 64.7 Å². The summed E-state index contributed by atoms with van der Waals surface area (Å²) in [7, 11) is 0. The second-order valence-electron chi connectivity index (χ2n) is 10.2. The van der Waals surface area contributed by atoms with E-state index >= 15 is 0 Å². The maximum absolute atomic E-state index is 14.1. The number of hydrogen-bond donors (Lipinski definition) is 2. The lowest BCUT2D eigenvalue weighted by Gasteiger charge is -2.22. The number of halogens is 6. The molecule has 230 valence electrons. The topological polar surface area (TPSA) is 115 Å². The molecule has 0 aliphatic rings. The molecule has 0 fully saturated rings. The lowest BCUT2D eigenvalue weighted by atomic mass is 10.0. The number of alkyl halides is 6. The van der Waals surface area contributed by atoms with Gasteiger partial charge in [-0.1, -0.05) is 0 Å². The molecule has 0 aliphatic carbocycles. The molecule has 3 aromatic heterocycles. The molecule has 1 aromatic carbocycles. The van der Waals surface area contributed by atoms with Gasteiger partial charge in [0.15, 0.2) is 5.82 Å². The van der Waals surface area contributed by atoms with E-state index in [1.807, 2.05) is 5.10 Å². The number of nitrogens with zero attached hydrogens (tertiary/aromatic N) is 4. The predicted octanol–water partition coefficient (Wildman–Crippen LogP) is 5.57. The van der Waals surface area contributed by atoms with Crippen molar-refractivity contribution in [3.05, 3.63) is 80.4 Å². The Morgan fingerprint density at radius 1 is 1.05 bits per heavy atom. The first-order valence-electron chi connectivity index (χ1n) is 13.1. The van der Waals surface area contributed by atoms with Crippen molar-refractivity contribution < 1.29 is 31.1 Å². The number of nitrogens with one attached hydrogen (secondary N) is 2. The lowest BCUT2D eigenvalue weighted by Crippen LogP contribution is -2.32. The highest BCUT2D eigenvalue weighted by Crippen LogP contribution is 2.31. The number of ether oxygens (including phenoxy) is 1. The van der Waals surface area contributed by atoms with Crippen LogP contribution in [-0.4, -0.2) is 44.0 Å². The number of rotatable bonds is 12. The van der Waals surface area contributed by atoms with E-state index in [9.17, 15) is 35.9 Å². The summed E-state index contributed by atoms with van der Waals surface area (Å²) in [6.07, 6.45) is 4.98. The summed E-state index contributed by atoms with van der Waals surface area (Å²) >= 11 is 0. The van der Waals surface area contributed by atoms with E-state index in [2.05, 4.69) is 25.1 Å². The average Bonchev–Trinajstić information content (AvgIpc) is 2.91. The Morgan fingerprint density at radius 2 is 1.74 bits per heavy atom. The van der Waals surface area contributed by atoms with Crippen LogP contribution in [0.4, 0.5) is 32.0 Å². The molecule has 0 amide bonds. The molecule has 0 saturated heterocycles. The molecule has 4 rings (SSSR count). The number of anilines is 1. The van der Waals surface area contributed by atoms with Crippen molar-refractivity contribution in [1.82, 2.24) is 24.7 Å². The van der Waals surface area contributed by atoms with Crippen LogP contribution in [0.5, 0.6) is 0 Å². The zero-order chi connectivity index (χ0) is 31.5. The number of hydrogen-bond acceptors (Lipinski definition) is 7. The number of benzene rings is 1. The van der Waals surface area contributed by atoms with Crippen LogP contribution in [0, 0.1) is 6.92 Å². The van der Waals surface area contributed by atoms with E-state index < -0.39 is 42.2 Å². The quantitative estimate of drug-likeness (QED) is 0.202. The van der Waals surface area contributed by atoms with Gasteiger partial charge in [-0.15, -0.1) is 0 Å². The molecule has 0 radical (unpaired) electrons. The first-order chi connectivity index (χ1) is 20.1. The van der Waals surface area contributed by atoms with E-state index in [-0.39, 0.29) is 42.0 Å². The number of fused-ring (bicyclic) bond motifs is 1. The van der Waals surface area contributed by atoms with Gasteiger partial charge in [0.05, 0.1) is 24.1 Å². The molecule has 3 heterocycles. The molecule has 9 nitrogen and oxygen atoms in total. The van der Waals surface area contributed by atoms with Gasteiger partial charge in [-0.05, 0) is 48.9 Å². The van der Waals surface area contributed by atoms with Crippen molar-refractivity contribution >= 4 is 16.5 Å². The molecule has 15 heteroatoms. The highest BCUT2D eigenvalue weighted by molar-refractivity contribution is 5.87. The SMILES string of the molecule is Cc1cc2c(=O)n(CCC[C@H](COC(F)F)Nc3cn[nH]c(=O)c3C(C)(F)F)ccc2cc1-c1ncc(C(C)(F)F)cn1. The summed E-state index contributed by atoms with van der Waals surface area (Å²) in [6.45, 7) is -0.511. The normalized spacial score (nSPS) is 13.1. The Kier molecular flexibility index (Phi) is 9.23. The fraction of sp³-hybridized carbons (Fsp3) is 0.393.